The minimum atomic E-state index is -3.50. The van der Waals surface area contributed by atoms with Crippen molar-refractivity contribution in [3.8, 4) is 11.5 Å². The molecule has 0 aliphatic heterocycles. The van der Waals surface area contributed by atoms with E-state index in [0.717, 1.165) is 11.1 Å². The Morgan fingerprint density at radius 2 is 1.96 bits per heavy atom. The maximum atomic E-state index is 12.3. The molecule has 27 heavy (non-hydrogen) atoms. The molecule has 8 nitrogen and oxygen atoms in total. The third kappa shape index (κ3) is 4.69. The van der Waals surface area contributed by atoms with Crippen molar-refractivity contribution in [2.75, 3.05) is 6.54 Å². The van der Waals surface area contributed by atoms with Gasteiger partial charge in [0.25, 0.3) is 0 Å². The second-order valence-corrected chi connectivity index (χ2v) is 8.05. The van der Waals surface area contributed by atoms with Crippen LogP contribution in [0.4, 0.5) is 0 Å². The number of nitrogens with zero attached hydrogens (tertiary/aromatic N) is 4. The fraction of sp³-hybridized carbons (Fsp3) is 0.278. The lowest BCUT2D eigenvalue weighted by atomic mass is 10.2. The summed E-state index contributed by atoms with van der Waals surface area (Å²) in [6.45, 7) is 2.12. The highest BCUT2D eigenvalue weighted by Crippen LogP contribution is 2.10. The van der Waals surface area contributed by atoms with E-state index in [1.807, 2.05) is 31.2 Å². The van der Waals surface area contributed by atoms with Crippen LogP contribution >= 0.6 is 0 Å². The Morgan fingerprint density at radius 3 is 2.67 bits per heavy atom. The summed E-state index contributed by atoms with van der Waals surface area (Å²) in [5.74, 6) is 0.327. The number of pyridine rings is 1. The summed E-state index contributed by atoms with van der Waals surface area (Å²) in [6, 6.07) is 12.7. The summed E-state index contributed by atoms with van der Waals surface area (Å²) in [6.07, 6.45) is 1.62. The van der Waals surface area contributed by atoms with E-state index in [4.69, 9.17) is 0 Å². The molecule has 0 aliphatic rings. The zero-order chi connectivity index (χ0) is 19.4. The predicted octanol–water partition coefficient (Wildman–Crippen LogP) is 1.07. The molecule has 0 saturated carbocycles. The van der Waals surface area contributed by atoms with Crippen LogP contribution in [-0.2, 0) is 29.4 Å². The van der Waals surface area contributed by atoms with Gasteiger partial charge in [0.2, 0.25) is 10.0 Å². The van der Waals surface area contributed by atoms with Crippen molar-refractivity contribution >= 4 is 10.0 Å². The molecule has 3 aromatic rings. The third-order valence-corrected chi connectivity index (χ3v) is 5.38. The Bertz CT molecular complexity index is 1090. The van der Waals surface area contributed by atoms with Gasteiger partial charge < -0.3 is 0 Å². The van der Waals surface area contributed by atoms with Crippen molar-refractivity contribution in [3.05, 3.63) is 70.3 Å². The van der Waals surface area contributed by atoms with Gasteiger partial charge in [-0.3, -0.25) is 9.55 Å². The topological polar surface area (TPSA) is 98.9 Å². The molecule has 0 unspecified atom stereocenters. The standard InChI is InChI=1S/C18H21N5O3S/c1-14-6-5-7-15(12-14)13-27(25,26)20-10-11-23-18(24)22(2)17(21-23)16-8-3-4-9-19-16/h3-9,12,20H,10-11,13H2,1-2H3. The second kappa shape index (κ2) is 7.85. The summed E-state index contributed by atoms with van der Waals surface area (Å²) >= 11 is 0. The van der Waals surface area contributed by atoms with Gasteiger partial charge in [-0.25, -0.2) is 22.6 Å². The molecule has 0 amide bonds. The van der Waals surface area contributed by atoms with Crippen LogP contribution in [0.2, 0.25) is 0 Å². The van der Waals surface area contributed by atoms with Gasteiger partial charge in [0, 0.05) is 19.8 Å². The fourth-order valence-corrected chi connectivity index (χ4v) is 3.85. The maximum Gasteiger partial charge on any atom is 0.346 e. The molecule has 9 heteroatoms. The summed E-state index contributed by atoms with van der Waals surface area (Å²) in [4.78, 5) is 16.5. The van der Waals surface area contributed by atoms with Crippen LogP contribution in [0.15, 0.2) is 53.5 Å². The molecule has 3 rings (SSSR count). The minimum Gasteiger partial charge on any atom is -0.277 e. The molecule has 0 aliphatic carbocycles. The van der Waals surface area contributed by atoms with Crippen LogP contribution in [0.3, 0.4) is 0 Å². The molecule has 1 aromatic carbocycles. The summed E-state index contributed by atoms with van der Waals surface area (Å²) in [5.41, 5.74) is 1.98. The Hall–Kier alpha value is -2.78. The van der Waals surface area contributed by atoms with Crippen molar-refractivity contribution in [1.29, 1.82) is 0 Å². The quantitative estimate of drug-likeness (QED) is 0.654. The summed E-state index contributed by atoms with van der Waals surface area (Å²) in [7, 11) is -1.89. The number of sulfonamides is 1. The van der Waals surface area contributed by atoms with Gasteiger partial charge >= 0.3 is 5.69 Å². The monoisotopic (exact) mass is 387 g/mol. The van der Waals surface area contributed by atoms with E-state index < -0.39 is 10.0 Å². The van der Waals surface area contributed by atoms with Crippen LogP contribution < -0.4 is 10.4 Å². The fourth-order valence-electron chi connectivity index (χ4n) is 2.73. The van der Waals surface area contributed by atoms with Crippen molar-refractivity contribution in [2.24, 2.45) is 7.05 Å². The smallest absolute Gasteiger partial charge is 0.277 e. The van der Waals surface area contributed by atoms with E-state index in [0.29, 0.717) is 11.5 Å². The van der Waals surface area contributed by atoms with Crippen LogP contribution in [0, 0.1) is 6.92 Å². The summed E-state index contributed by atoms with van der Waals surface area (Å²) < 4.78 is 29.6. The molecule has 0 radical (unpaired) electrons. The van der Waals surface area contributed by atoms with Crippen LogP contribution in [0.25, 0.3) is 11.5 Å². The molecule has 1 N–H and O–H groups in total. The maximum absolute atomic E-state index is 12.3. The van der Waals surface area contributed by atoms with Gasteiger partial charge in [-0.15, -0.1) is 5.10 Å². The molecular formula is C18H21N5O3S. The number of hydrogen-bond donors (Lipinski definition) is 1. The Morgan fingerprint density at radius 1 is 1.15 bits per heavy atom. The van der Waals surface area contributed by atoms with Crippen LogP contribution in [-0.4, -0.2) is 34.3 Å². The van der Waals surface area contributed by atoms with Crippen molar-refractivity contribution < 1.29 is 8.42 Å². The van der Waals surface area contributed by atoms with E-state index in [9.17, 15) is 13.2 Å². The highest BCUT2D eigenvalue weighted by atomic mass is 32.2. The van der Waals surface area contributed by atoms with Crippen LogP contribution in [0.1, 0.15) is 11.1 Å². The average molecular weight is 387 g/mol. The van der Waals surface area contributed by atoms with Crippen molar-refractivity contribution in [2.45, 2.75) is 19.2 Å². The first-order chi connectivity index (χ1) is 12.9. The molecule has 0 fully saturated rings. The van der Waals surface area contributed by atoms with Crippen molar-refractivity contribution in [1.82, 2.24) is 24.1 Å². The third-order valence-electron chi connectivity index (χ3n) is 4.02. The lowest BCUT2D eigenvalue weighted by Crippen LogP contribution is -2.32. The van der Waals surface area contributed by atoms with E-state index in [-0.39, 0.29) is 24.5 Å². The van der Waals surface area contributed by atoms with Crippen molar-refractivity contribution in [3.63, 3.8) is 0 Å². The number of rotatable bonds is 7. The largest absolute Gasteiger partial charge is 0.346 e. The molecule has 2 heterocycles. The molecule has 0 bridgehead atoms. The van der Waals surface area contributed by atoms with E-state index in [2.05, 4.69) is 14.8 Å². The first-order valence-corrected chi connectivity index (χ1v) is 10.1. The van der Waals surface area contributed by atoms with E-state index in [1.54, 1.807) is 31.4 Å². The lowest BCUT2D eigenvalue weighted by Gasteiger charge is -2.07. The molecule has 2 aromatic heterocycles. The molecule has 0 atom stereocenters. The Balaban J connectivity index is 1.66. The Kier molecular flexibility index (Phi) is 5.52. The first-order valence-electron chi connectivity index (χ1n) is 8.44. The van der Waals surface area contributed by atoms with Gasteiger partial charge in [0.05, 0.1) is 12.3 Å². The minimum absolute atomic E-state index is 0.0761. The van der Waals surface area contributed by atoms with Crippen LogP contribution in [0.5, 0.6) is 0 Å². The Labute approximate surface area is 157 Å². The SMILES string of the molecule is Cc1cccc(CS(=O)(=O)NCCn2nc(-c3ccccn3)n(C)c2=O)c1. The highest BCUT2D eigenvalue weighted by molar-refractivity contribution is 7.88. The normalized spacial score (nSPS) is 11.6. The number of nitrogens with one attached hydrogen (secondary N) is 1. The zero-order valence-corrected chi connectivity index (χ0v) is 16.0. The van der Waals surface area contributed by atoms with Gasteiger partial charge in [-0.1, -0.05) is 35.9 Å². The second-order valence-electron chi connectivity index (χ2n) is 6.25. The molecule has 0 saturated heterocycles. The van der Waals surface area contributed by atoms with Gasteiger partial charge in [-0.2, -0.15) is 0 Å². The zero-order valence-electron chi connectivity index (χ0n) is 15.2. The molecule has 142 valence electrons. The van der Waals surface area contributed by atoms with E-state index in [1.165, 1.54) is 9.25 Å². The lowest BCUT2D eigenvalue weighted by molar-refractivity contribution is 0.550. The number of hydrogen-bond acceptors (Lipinski definition) is 5. The molecular weight excluding hydrogens is 366 g/mol. The summed E-state index contributed by atoms with van der Waals surface area (Å²) in [5, 5.41) is 4.26. The highest BCUT2D eigenvalue weighted by Gasteiger charge is 2.15. The molecule has 0 spiro atoms. The first kappa shape index (κ1) is 19.0. The van der Waals surface area contributed by atoms with Gasteiger partial charge in [0.15, 0.2) is 5.82 Å². The number of aryl methyl sites for hydroxylation is 1. The van der Waals surface area contributed by atoms with Gasteiger partial charge in [0.1, 0.15) is 5.69 Å². The number of benzene rings is 1. The van der Waals surface area contributed by atoms with E-state index >= 15 is 0 Å². The predicted molar refractivity (Wildman–Crippen MR) is 103 cm³/mol. The van der Waals surface area contributed by atoms with Gasteiger partial charge in [-0.05, 0) is 24.6 Å². The average Bonchev–Trinajstić information content (AvgIpc) is 2.90. The number of aromatic nitrogens is 4.